The molecule has 0 spiro atoms. The number of rotatable bonds is 8. The van der Waals surface area contributed by atoms with Crippen LogP contribution < -0.4 is 5.56 Å². The van der Waals surface area contributed by atoms with E-state index in [-0.39, 0.29) is 5.56 Å². The minimum absolute atomic E-state index is 0.0154. The number of aryl methyl sites for hydroxylation is 1. The lowest BCUT2D eigenvalue weighted by molar-refractivity contribution is 0.0863. The van der Waals surface area contributed by atoms with Gasteiger partial charge in [-0.15, -0.1) is 0 Å². The number of unbranched alkanes of at least 4 members (excludes halogenated alkanes) is 2. The van der Waals surface area contributed by atoms with Crippen molar-refractivity contribution in [2.75, 3.05) is 26.2 Å². The average molecular weight is 443 g/mol. The van der Waals surface area contributed by atoms with Gasteiger partial charge in [-0.3, -0.25) is 14.6 Å². The summed E-state index contributed by atoms with van der Waals surface area (Å²) < 4.78 is 0. The number of nitrogens with one attached hydrogen (secondary N) is 1. The molecule has 5 nitrogen and oxygen atoms in total. The predicted octanol–water partition coefficient (Wildman–Crippen LogP) is 5.15. The van der Waals surface area contributed by atoms with E-state index in [9.17, 15) is 10.1 Å². The molecule has 2 aromatic carbocycles. The summed E-state index contributed by atoms with van der Waals surface area (Å²) in [6.45, 7) is 8.84. The Balaban J connectivity index is 1.45. The summed E-state index contributed by atoms with van der Waals surface area (Å²) in [6, 6.07) is 19.0. The van der Waals surface area contributed by atoms with E-state index >= 15 is 0 Å². The number of hydrogen-bond acceptors (Lipinski definition) is 4. The van der Waals surface area contributed by atoms with Crippen LogP contribution in [0.2, 0.25) is 0 Å². The van der Waals surface area contributed by atoms with Crippen molar-refractivity contribution >= 4 is 10.9 Å². The lowest BCUT2D eigenvalue weighted by Crippen LogP contribution is -2.47. The SMILES string of the molecule is CCCCCC(c1ccc(C#N)c(C)c1)N1CCN(Cc2cc3ccccc3[nH]c2=O)CC1. The van der Waals surface area contributed by atoms with Crippen LogP contribution in [0.25, 0.3) is 10.9 Å². The fourth-order valence-electron chi connectivity index (χ4n) is 4.95. The number of nitrogens with zero attached hydrogens (tertiary/aromatic N) is 3. The lowest BCUT2D eigenvalue weighted by atomic mass is 9.95. The second kappa shape index (κ2) is 10.8. The number of benzene rings is 2. The summed E-state index contributed by atoms with van der Waals surface area (Å²) in [5.74, 6) is 0. The highest BCUT2D eigenvalue weighted by atomic mass is 16.1. The quantitative estimate of drug-likeness (QED) is 0.490. The first-order valence-corrected chi connectivity index (χ1v) is 12.2. The van der Waals surface area contributed by atoms with Crippen LogP contribution in [0, 0.1) is 18.3 Å². The number of para-hydroxylation sites is 1. The molecule has 1 N–H and O–H groups in total. The van der Waals surface area contributed by atoms with Gasteiger partial charge in [-0.1, -0.05) is 56.5 Å². The minimum atomic E-state index is 0.0154. The van der Waals surface area contributed by atoms with Crippen molar-refractivity contribution in [3.8, 4) is 6.07 Å². The van der Waals surface area contributed by atoms with E-state index in [1.54, 1.807) is 0 Å². The molecule has 2 heterocycles. The van der Waals surface area contributed by atoms with Gasteiger partial charge < -0.3 is 4.98 Å². The molecule has 0 radical (unpaired) electrons. The maximum atomic E-state index is 12.6. The highest BCUT2D eigenvalue weighted by Gasteiger charge is 2.25. The molecule has 5 heteroatoms. The van der Waals surface area contributed by atoms with E-state index in [1.807, 2.05) is 43.3 Å². The van der Waals surface area contributed by atoms with Gasteiger partial charge in [0.2, 0.25) is 0 Å². The Morgan fingerprint density at radius 1 is 1.06 bits per heavy atom. The lowest BCUT2D eigenvalue weighted by Gasteiger charge is -2.39. The molecular formula is C28H34N4O. The van der Waals surface area contributed by atoms with Crippen LogP contribution in [0.15, 0.2) is 53.3 Å². The highest BCUT2D eigenvalue weighted by Crippen LogP contribution is 2.29. The molecular weight excluding hydrogens is 408 g/mol. The Kier molecular flexibility index (Phi) is 7.59. The Morgan fingerprint density at radius 3 is 2.58 bits per heavy atom. The Hall–Kier alpha value is -2.94. The molecule has 172 valence electrons. The van der Waals surface area contributed by atoms with E-state index in [1.165, 1.54) is 24.8 Å². The molecule has 0 saturated carbocycles. The van der Waals surface area contributed by atoms with Gasteiger partial charge in [0, 0.05) is 49.8 Å². The number of pyridine rings is 1. The molecule has 0 bridgehead atoms. The Morgan fingerprint density at radius 2 is 1.85 bits per heavy atom. The summed E-state index contributed by atoms with van der Waals surface area (Å²) in [6.07, 6.45) is 4.82. The average Bonchev–Trinajstić information content (AvgIpc) is 2.83. The van der Waals surface area contributed by atoms with Crippen molar-refractivity contribution in [1.29, 1.82) is 5.26 Å². The molecule has 1 atom stereocenters. The topological polar surface area (TPSA) is 63.1 Å². The van der Waals surface area contributed by atoms with Gasteiger partial charge in [0.25, 0.3) is 5.56 Å². The van der Waals surface area contributed by atoms with E-state index in [0.717, 1.165) is 60.2 Å². The van der Waals surface area contributed by atoms with Crippen LogP contribution in [0.5, 0.6) is 0 Å². The fraction of sp³-hybridized carbons (Fsp3) is 0.429. The van der Waals surface area contributed by atoms with Crippen molar-refractivity contribution in [2.45, 2.75) is 52.1 Å². The molecule has 0 amide bonds. The normalized spacial score (nSPS) is 16.0. The van der Waals surface area contributed by atoms with E-state index in [4.69, 9.17) is 0 Å². The summed E-state index contributed by atoms with van der Waals surface area (Å²) in [5.41, 5.74) is 4.89. The van der Waals surface area contributed by atoms with Crippen molar-refractivity contribution in [2.24, 2.45) is 0 Å². The second-order valence-corrected chi connectivity index (χ2v) is 9.22. The Labute approximate surface area is 196 Å². The van der Waals surface area contributed by atoms with E-state index in [0.29, 0.717) is 12.6 Å². The summed E-state index contributed by atoms with van der Waals surface area (Å²) in [7, 11) is 0. The molecule has 1 aromatic heterocycles. The molecule has 4 rings (SSSR count). The zero-order valence-corrected chi connectivity index (χ0v) is 19.8. The first-order chi connectivity index (χ1) is 16.1. The zero-order chi connectivity index (χ0) is 23.2. The smallest absolute Gasteiger partial charge is 0.252 e. The number of aromatic nitrogens is 1. The second-order valence-electron chi connectivity index (χ2n) is 9.22. The zero-order valence-electron chi connectivity index (χ0n) is 19.8. The maximum Gasteiger partial charge on any atom is 0.252 e. The predicted molar refractivity (Wildman–Crippen MR) is 134 cm³/mol. The Bertz CT molecular complexity index is 1180. The number of hydrogen-bond donors (Lipinski definition) is 1. The van der Waals surface area contributed by atoms with Crippen molar-refractivity contribution in [3.05, 3.63) is 81.1 Å². The highest BCUT2D eigenvalue weighted by molar-refractivity contribution is 5.78. The largest absolute Gasteiger partial charge is 0.322 e. The molecule has 1 fully saturated rings. The van der Waals surface area contributed by atoms with Gasteiger partial charge in [-0.25, -0.2) is 0 Å². The number of piperazine rings is 1. The van der Waals surface area contributed by atoms with Crippen molar-refractivity contribution in [3.63, 3.8) is 0 Å². The van der Waals surface area contributed by atoms with Gasteiger partial charge in [0.1, 0.15) is 0 Å². The van der Waals surface area contributed by atoms with Crippen LogP contribution >= 0.6 is 0 Å². The molecule has 1 unspecified atom stereocenters. The molecule has 33 heavy (non-hydrogen) atoms. The fourth-order valence-corrected chi connectivity index (χ4v) is 4.95. The van der Waals surface area contributed by atoms with E-state index in [2.05, 4.69) is 39.9 Å². The van der Waals surface area contributed by atoms with Crippen molar-refractivity contribution < 1.29 is 0 Å². The van der Waals surface area contributed by atoms with Gasteiger partial charge in [0.05, 0.1) is 11.6 Å². The summed E-state index contributed by atoms with van der Waals surface area (Å²) in [4.78, 5) is 20.6. The van der Waals surface area contributed by atoms with Crippen LogP contribution in [0.4, 0.5) is 0 Å². The van der Waals surface area contributed by atoms with Crippen molar-refractivity contribution in [1.82, 2.24) is 14.8 Å². The van der Waals surface area contributed by atoms with Crippen LogP contribution in [0.1, 0.15) is 60.9 Å². The molecule has 1 saturated heterocycles. The monoisotopic (exact) mass is 442 g/mol. The molecule has 1 aliphatic heterocycles. The summed E-state index contributed by atoms with van der Waals surface area (Å²) >= 11 is 0. The van der Waals surface area contributed by atoms with Crippen LogP contribution in [-0.2, 0) is 6.54 Å². The van der Waals surface area contributed by atoms with Gasteiger partial charge in [-0.05, 0) is 48.1 Å². The first-order valence-electron chi connectivity index (χ1n) is 12.2. The third-order valence-corrected chi connectivity index (χ3v) is 6.91. The number of fused-ring (bicyclic) bond motifs is 1. The number of nitriles is 1. The van der Waals surface area contributed by atoms with E-state index < -0.39 is 0 Å². The molecule has 0 aliphatic carbocycles. The number of aromatic amines is 1. The third-order valence-electron chi connectivity index (χ3n) is 6.91. The van der Waals surface area contributed by atoms with Gasteiger partial charge in [0.15, 0.2) is 0 Å². The summed E-state index contributed by atoms with van der Waals surface area (Å²) in [5, 5.41) is 10.4. The standard InChI is InChI=1S/C28H34N4O/c1-3-4-5-10-27(23-11-12-24(19-29)21(2)17-23)32-15-13-31(14-16-32)20-25-18-22-8-6-7-9-26(22)30-28(25)33/h6-9,11-12,17-18,27H,3-5,10,13-16,20H2,1-2H3,(H,30,33). The van der Waals surface area contributed by atoms with Gasteiger partial charge >= 0.3 is 0 Å². The number of H-pyrrole nitrogens is 1. The van der Waals surface area contributed by atoms with Crippen LogP contribution in [-0.4, -0.2) is 41.0 Å². The van der Waals surface area contributed by atoms with Crippen LogP contribution in [0.3, 0.4) is 0 Å². The molecule has 3 aromatic rings. The minimum Gasteiger partial charge on any atom is -0.322 e. The first kappa shape index (κ1) is 23.2. The maximum absolute atomic E-state index is 12.6. The molecule has 1 aliphatic rings. The van der Waals surface area contributed by atoms with Gasteiger partial charge in [-0.2, -0.15) is 5.26 Å². The third kappa shape index (κ3) is 5.52.